The van der Waals surface area contributed by atoms with Crippen molar-refractivity contribution in [2.24, 2.45) is 4.99 Å². The second kappa shape index (κ2) is 9.48. The zero-order chi connectivity index (χ0) is 19.9. The van der Waals surface area contributed by atoms with Crippen molar-refractivity contribution < 1.29 is 18.7 Å². The van der Waals surface area contributed by atoms with Crippen molar-refractivity contribution >= 4 is 40.1 Å². The number of hydrogen-bond donors (Lipinski definition) is 1. The van der Waals surface area contributed by atoms with Crippen LogP contribution in [0.25, 0.3) is 0 Å². The smallest absolute Gasteiger partial charge is 0.242 e. The van der Waals surface area contributed by atoms with Gasteiger partial charge < -0.3 is 10.1 Å². The number of anilines is 1. The zero-order valence-electron chi connectivity index (χ0n) is 15.3. The normalized spacial score (nSPS) is 17.9. The topological polar surface area (TPSA) is 71.0 Å². The van der Waals surface area contributed by atoms with Gasteiger partial charge >= 0.3 is 0 Å². The SMILES string of the molecule is COCCN1C(=O)C(CC(=O)Nc2ccc(F)cc2)SC1=Nc1ccccc1. The molecule has 8 heteroatoms. The molecule has 1 fully saturated rings. The predicted octanol–water partition coefficient (Wildman–Crippen LogP) is 3.43. The fourth-order valence-electron chi connectivity index (χ4n) is 2.64. The molecule has 0 saturated carbocycles. The van der Waals surface area contributed by atoms with Crippen molar-refractivity contribution in [3.63, 3.8) is 0 Å². The highest BCUT2D eigenvalue weighted by atomic mass is 32.2. The summed E-state index contributed by atoms with van der Waals surface area (Å²) in [5.74, 6) is -0.869. The van der Waals surface area contributed by atoms with Crippen molar-refractivity contribution in [3.05, 3.63) is 60.4 Å². The minimum atomic E-state index is -0.570. The molecular formula is C20H20FN3O3S. The maximum Gasteiger partial charge on any atom is 0.242 e. The molecule has 6 nitrogen and oxygen atoms in total. The first-order valence-corrected chi connectivity index (χ1v) is 9.61. The number of nitrogens with one attached hydrogen (secondary N) is 1. The van der Waals surface area contributed by atoms with Crippen LogP contribution in [0.3, 0.4) is 0 Å². The van der Waals surface area contributed by atoms with Crippen LogP contribution in [0.2, 0.25) is 0 Å². The van der Waals surface area contributed by atoms with Gasteiger partial charge in [0.25, 0.3) is 0 Å². The molecule has 3 rings (SSSR count). The highest BCUT2D eigenvalue weighted by Gasteiger charge is 2.38. The van der Waals surface area contributed by atoms with Crippen LogP contribution in [0.15, 0.2) is 59.6 Å². The number of benzene rings is 2. The largest absolute Gasteiger partial charge is 0.383 e. The van der Waals surface area contributed by atoms with Crippen molar-refractivity contribution in [1.29, 1.82) is 0 Å². The molecule has 28 heavy (non-hydrogen) atoms. The van der Waals surface area contributed by atoms with Gasteiger partial charge in [0.15, 0.2) is 5.17 Å². The second-order valence-electron chi connectivity index (χ2n) is 6.08. The van der Waals surface area contributed by atoms with Crippen LogP contribution < -0.4 is 5.32 Å². The van der Waals surface area contributed by atoms with E-state index in [4.69, 9.17) is 4.74 Å². The third kappa shape index (κ3) is 5.17. The van der Waals surface area contributed by atoms with Gasteiger partial charge in [-0.2, -0.15) is 0 Å². The number of amidine groups is 1. The third-order valence-electron chi connectivity index (χ3n) is 4.02. The Morgan fingerprint density at radius 2 is 1.93 bits per heavy atom. The van der Waals surface area contributed by atoms with E-state index in [1.807, 2.05) is 30.3 Å². The maximum absolute atomic E-state index is 13.0. The summed E-state index contributed by atoms with van der Waals surface area (Å²) in [7, 11) is 1.56. The molecule has 0 radical (unpaired) electrons. The number of carbonyl (C=O) groups is 2. The van der Waals surface area contributed by atoms with E-state index in [1.165, 1.54) is 36.0 Å². The van der Waals surface area contributed by atoms with E-state index in [-0.39, 0.29) is 24.1 Å². The molecule has 0 spiro atoms. The number of ether oxygens (including phenoxy) is 1. The molecule has 1 aliphatic rings. The highest BCUT2D eigenvalue weighted by molar-refractivity contribution is 8.15. The monoisotopic (exact) mass is 401 g/mol. The van der Waals surface area contributed by atoms with E-state index in [0.29, 0.717) is 24.0 Å². The standard InChI is InChI=1S/C20H20FN3O3S/c1-27-12-11-24-19(26)17(28-20(24)23-15-5-3-2-4-6-15)13-18(25)22-16-9-7-14(21)8-10-16/h2-10,17H,11-13H2,1H3,(H,22,25). The summed E-state index contributed by atoms with van der Waals surface area (Å²) < 4.78 is 18.1. The fourth-order valence-corrected chi connectivity index (χ4v) is 3.82. The summed E-state index contributed by atoms with van der Waals surface area (Å²) >= 11 is 1.26. The summed E-state index contributed by atoms with van der Waals surface area (Å²) in [4.78, 5) is 31.2. The quantitative estimate of drug-likeness (QED) is 0.772. The second-order valence-corrected chi connectivity index (χ2v) is 7.25. The molecule has 146 valence electrons. The maximum atomic E-state index is 13.0. The van der Waals surface area contributed by atoms with E-state index in [9.17, 15) is 14.0 Å². The van der Waals surface area contributed by atoms with Crippen LogP contribution in [0.1, 0.15) is 6.42 Å². The summed E-state index contributed by atoms with van der Waals surface area (Å²) in [5, 5.41) is 2.66. The zero-order valence-corrected chi connectivity index (χ0v) is 16.1. The van der Waals surface area contributed by atoms with Crippen molar-refractivity contribution in [3.8, 4) is 0 Å². The molecule has 2 amide bonds. The van der Waals surface area contributed by atoms with Gasteiger partial charge in [-0.3, -0.25) is 14.5 Å². The number of thioether (sulfide) groups is 1. The van der Waals surface area contributed by atoms with E-state index in [2.05, 4.69) is 10.3 Å². The summed E-state index contributed by atoms with van der Waals surface area (Å²) in [6.45, 7) is 0.735. The van der Waals surface area contributed by atoms with E-state index in [0.717, 1.165) is 5.69 Å². The first kappa shape index (κ1) is 20.0. The van der Waals surface area contributed by atoms with Gasteiger partial charge in [0.1, 0.15) is 11.1 Å². The summed E-state index contributed by atoms with van der Waals surface area (Å²) in [6.07, 6.45) is -0.00182. The van der Waals surface area contributed by atoms with Gasteiger partial charge in [-0.15, -0.1) is 0 Å². The molecule has 1 heterocycles. The predicted molar refractivity (Wildman–Crippen MR) is 108 cm³/mol. The number of halogens is 1. The lowest BCUT2D eigenvalue weighted by Gasteiger charge is -2.15. The van der Waals surface area contributed by atoms with Crippen molar-refractivity contribution in [1.82, 2.24) is 4.90 Å². The minimum absolute atomic E-state index is 0.00182. The van der Waals surface area contributed by atoms with Gasteiger partial charge in [-0.05, 0) is 36.4 Å². The van der Waals surface area contributed by atoms with E-state index in [1.54, 1.807) is 12.0 Å². The fraction of sp³-hybridized carbons (Fsp3) is 0.250. The average molecular weight is 401 g/mol. The Morgan fingerprint density at radius 3 is 2.61 bits per heavy atom. The Kier molecular flexibility index (Phi) is 6.78. The van der Waals surface area contributed by atoms with Crippen LogP contribution in [-0.2, 0) is 14.3 Å². The Labute approximate surface area is 166 Å². The molecule has 1 atom stereocenters. The lowest BCUT2D eigenvalue weighted by Crippen LogP contribution is -2.35. The number of rotatable bonds is 7. The third-order valence-corrected chi connectivity index (χ3v) is 5.19. The van der Waals surface area contributed by atoms with Crippen LogP contribution in [0, 0.1) is 5.82 Å². The summed E-state index contributed by atoms with van der Waals surface area (Å²) in [6, 6.07) is 14.8. The lowest BCUT2D eigenvalue weighted by atomic mass is 10.2. The molecule has 1 aliphatic heterocycles. The molecular weight excluding hydrogens is 381 g/mol. The molecule has 0 bridgehead atoms. The van der Waals surface area contributed by atoms with Gasteiger partial charge in [-0.1, -0.05) is 30.0 Å². The first-order chi connectivity index (χ1) is 13.6. The Morgan fingerprint density at radius 1 is 1.21 bits per heavy atom. The van der Waals surface area contributed by atoms with Crippen LogP contribution in [-0.4, -0.2) is 47.4 Å². The van der Waals surface area contributed by atoms with Gasteiger partial charge in [0, 0.05) is 19.2 Å². The highest BCUT2D eigenvalue weighted by Crippen LogP contribution is 2.31. The Balaban J connectivity index is 1.70. The number of methoxy groups -OCH3 is 1. The Hall–Kier alpha value is -2.71. The van der Waals surface area contributed by atoms with Crippen LogP contribution in [0.4, 0.5) is 15.8 Å². The lowest BCUT2D eigenvalue weighted by molar-refractivity contribution is -0.128. The summed E-state index contributed by atoms with van der Waals surface area (Å²) in [5.41, 5.74) is 1.22. The van der Waals surface area contributed by atoms with Gasteiger partial charge in [0.2, 0.25) is 11.8 Å². The van der Waals surface area contributed by atoms with Gasteiger partial charge in [-0.25, -0.2) is 9.38 Å². The Bertz CT molecular complexity index is 859. The number of carbonyl (C=O) groups excluding carboxylic acids is 2. The molecule has 2 aromatic carbocycles. The number of amides is 2. The molecule has 1 saturated heterocycles. The number of nitrogens with zero attached hydrogens (tertiary/aromatic N) is 2. The first-order valence-electron chi connectivity index (χ1n) is 8.73. The van der Waals surface area contributed by atoms with E-state index < -0.39 is 5.25 Å². The van der Waals surface area contributed by atoms with Crippen LogP contribution in [0.5, 0.6) is 0 Å². The molecule has 0 aromatic heterocycles. The van der Waals surface area contributed by atoms with Crippen molar-refractivity contribution in [2.45, 2.75) is 11.7 Å². The number of hydrogen-bond acceptors (Lipinski definition) is 5. The number of aliphatic imine (C=N–C) groups is 1. The van der Waals surface area contributed by atoms with Crippen molar-refractivity contribution in [2.75, 3.05) is 25.6 Å². The van der Waals surface area contributed by atoms with E-state index >= 15 is 0 Å². The molecule has 1 unspecified atom stereocenters. The number of para-hydroxylation sites is 1. The average Bonchev–Trinajstić information content (AvgIpc) is 2.97. The van der Waals surface area contributed by atoms with Crippen LogP contribution >= 0.6 is 11.8 Å². The minimum Gasteiger partial charge on any atom is -0.383 e. The van der Waals surface area contributed by atoms with Gasteiger partial charge in [0.05, 0.1) is 18.8 Å². The molecule has 2 aromatic rings. The molecule has 0 aliphatic carbocycles. The molecule has 1 N–H and O–H groups in total.